The van der Waals surface area contributed by atoms with Gasteiger partial charge in [-0.1, -0.05) is 37.6 Å². The minimum atomic E-state index is -0.382. The van der Waals surface area contributed by atoms with Crippen molar-refractivity contribution in [3.63, 3.8) is 0 Å². The first-order valence-electron chi connectivity index (χ1n) is 10.1. The lowest BCUT2D eigenvalue weighted by atomic mass is 9.66. The van der Waals surface area contributed by atoms with E-state index >= 15 is 0 Å². The van der Waals surface area contributed by atoms with Crippen molar-refractivity contribution < 1.29 is 14.2 Å². The number of rotatable bonds is 2. The second-order valence-electron chi connectivity index (χ2n) is 9.45. The molecule has 0 saturated heterocycles. The topological polar surface area (TPSA) is 29.5 Å². The molecule has 2 unspecified atom stereocenters. The monoisotopic (exact) mass is 380 g/mol. The van der Waals surface area contributed by atoms with Gasteiger partial charge in [-0.25, -0.2) is 4.39 Å². The Kier molecular flexibility index (Phi) is 4.33. The summed E-state index contributed by atoms with van der Waals surface area (Å²) in [5, 5.41) is 11.0. The molecule has 28 heavy (non-hydrogen) atoms. The van der Waals surface area contributed by atoms with Gasteiger partial charge in [0.05, 0.1) is 0 Å². The summed E-state index contributed by atoms with van der Waals surface area (Å²) >= 11 is 0. The van der Waals surface area contributed by atoms with Crippen molar-refractivity contribution in [2.75, 3.05) is 0 Å². The van der Waals surface area contributed by atoms with E-state index in [-0.39, 0.29) is 22.8 Å². The zero-order valence-corrected chi connectivity index (χ0v) is 17.3. The molecule has 0 amide bonds. The van der Waals surface area contributed by atoms with Gasteiger partial charge in [0, 0.05) is 22.8 Å². The highest BCUT2D eigenvalue weighted by Gasteiger charge is 2.46. The Hall–Kier alpha value is -2.29. The molecule has 2 nitrogen and oxygen atoms in total. The molecule has 0 aromatic heterocycles. The lowest BCUT2D eigenvalue weighted by molar-refractivity contribution is 0.00745. The van der Waals surface area contributed by atoms with Crippen molar-refractivity contribution >= 4 is 0 Å². The van der Waals surface area contributed by atoms with Gasteiger partial charge in [0.1, 0.15) is 22.9 Å². The fourth-order valence-corrected chi connectivity index (χ4v) is 4.96. The number of aromatic hydroxyl groups is 1. The van der Waals surface area contributed by atoms with Crippen molar-refractivity contribution in [3.8, 4) is 11.5 Å². The number of hydrogen-bond acceptors (Lipinski definition) is 2. The summed E-state index contributed by atoms with van der Waals surface area (Å²) in [7, 11) is 0. The smallest absolute Gasteiger partial charge is 0.127 e. The summed E-state index contributed by atoms with van der Waals surface area (Å²) in [6, 6.07) is 10.5. The first kappa shape index (κ1) is 19.0. The number of hydrogen-bond donors (Lipinski definition) is 1. The molecule has 2 aromatic carbocycles. The molecule has 2 aliphatic rings. The fourth-order valence-electron chi connectivity index (χ4n) is 4.96. The van der Waals surface area contributed by atoms with Crippen molar-refractivity contribution in [2.24, 2.45) is 5.92 Å². The molecule has 1 aliphatic heterocycles. The molecular formula is C25H29FO2. The van der Waals surface area contributed by atoms with Crippen LogP contribution in [0.4, 0.5) is 4.39 Å². The maximum Gasteiger partial charge on any atom is 0.127 e. The van der Waals surface area contributed by atoms with Crippen molar-refractivity contribution in [2.45, 2.75) is 64.4 Å². The second kappa shape index (κ2) is 6.37. The van der Waals surface area contributed by atoms with Gasteiger partial charge >= 0.3 is 0 Å². The van der Waals surface area contributed by atoms with Gasteiger partial charge < -0.3 is 9.84 Å². The van der Waals surface area contributed by atoms with E-state index in [0.29, 0.717) is 11.7 Å². The van der Waals surface area contributed by atoms with E-state index < -0.39 is 0 Å². The number of halogens is 1. The minimum Gasteiger partial charge on any atom is -0.508 e. The zero-order valence-electron chi connectivity index (χ0n) is 17.3. The predicted octanol–water partition coefficient (Wildman–Crippen LogP) is 6.47. The molecule has 0 saturated carbocycles. The van der Waals surface area contributed by atoms with E-state index in [1.165, 1.54) is 17.7 Å². The maximum absolute atomic E-state index is 13.4. The molecule has 1 heterocycles. The Balaban J connectivity index is 1.82. The lowest BCUT2D eigenvalue weighted by Gasteiger charge is -2.47. The first-order chi connectivity index (χ1) is 13.1. The highest BCUT2D eigenvalue weighted by Crippen LogP contribution is 2.55. The van der Waals surface area contributed by atoms with E-state index in [9.17, 15) is 9.50 Å². The van der Waals surface area contributed by atoms with Crippen LogP contribution in [0.25, 0.3) is 0 Å². The Labute approximate surface area is 167 Å². The maximum atomic E-state index is 13.4. The normalized spacial score (nSPS) is 23.3. The number of benzene rings is 2. The molecule has 4 rings (SSSR count). The van der Waals surface area contributed by atoms with E-state index in [4.69, 9.17) is 4.74 Å². The summed E-state index contributed by atoms with van der Waals surface area (Å²) in [6.45, 7) is 10.6. The molecule has 2 aromatic rings. The van der Waals surface area contributed by atoms with Gasteiger partial charge in [-0.2, -0.15) is 0 Å². The van der Waals surface area contributed by atoms with Gasteiger partial charge in [0.25, 0.3) is 0 Å². The van der Waals surface area contributed by atoms with Crippen LogP contribution in [0.5, 0.6) is 11.5 Å². The summed E-state index contributed by atoms with van der Waals surface area (Å²) in [6.07, 6.45) is 4.24. The van der Waals surface area contributed by atoms with Crippen molar-refractivity contribution in [3.05, 3.63) is 70.6 Å². The Morgan fingerprint density at radius 2 is 1.79 bits per heavy atom. The van der Waals surface area contributed by atoms with Crippen LogP contribution < -0.4 is 4.74 Å². The molecule has 0 spiro atoms. The molecule has 0 fully saturated rings. The number of phenols is 1. The average Bonchev–Trinajstić information content (AvgIpc) is 2.60. The number of ether oxygens (including phenoxy) is 1. The molecule has 1 aliphatic carbocycles. The molecule has 0 bridgehead atoms. The third-order valence-electron chi connectivity index (χ3n) is 6.79. The molecule has 148 valence electrons. The van der Waals surface area contributed by atoms with Crippen LogP contribution in [0.15, 0.2) is 48.0 Å². The summed E-state index contributed by atoms with van der Waals surface area (Å²) in [4.78, 5) is 0. The largest absolute Gasteiger partial charge is 0.508 e. The average molecular weight is 381 g/mol. The van der Waals surface area contributed by atoms with Gasteiger partial charge in [0.15, 0.2) is 0 Å². The fraction of sp³-hybridized carbons (Fsp3) is 0.440. The van der Waals surface area contributed by atoms with Crippen LogP contribution in [0.2, 0.25) is 0 Å². The van der Waals surface area contributed by atoms with Crippen molar-refractivity contribution in [1.82, 2.24) is 0 Å². The third-order valence-corrected chi connectivity index (χ3v) is 6.79. The molecule has 0 radical (unpaired) electrons. The third kappa shape index (κ3) is 3.01. The SMILES string of the molecule is CC1=CCC2C(C1)c1c(O)cc(C(C)(C)c3ccc(F)cc3)cc1OC2(C)C. The van der Waals surface area contributed by atoms with E-state index in [2.05, 4.69) is 46.8 Å². The molecular weight excluding hydrogens is 351 g/mol. The van der Waals surface area contributed by atoms with Crippen LogP contribution in [-0.2, 0) is 5.41 Å². The van der Waals surface area contributed by atoms with E-state index in [1.807, 2.05) is 18.2 Å². The quantitative estimate of drug-likeness (QED) is 0.605. The number of allylic oxidation sites excluding steroid dienone is 2. The molecule has 3 heteroatoms. The van der Waals surface area contributed by atoms with Crippen LogP contribution >= 0.6 is 0 Å². The number of phenolic OH excluding ortho intramolecular Hbond substituents is 1. The van der Waals surface area contributed by atoms with E-state index in [0.717, 1.165) is 35.3 Å². The van der Waals surface area contributed by atoms with Gasteiger partial charge in [-0.15, -0.1) is 0 Å². The minimum absolute atomic E-state index is 0.246. The van der Waals surface area contributed by atoms with E-state index in [1.54, 1.807) is 0 Å². The summed E-state index contributed by atoms with van der Waals surface area (Å²) < 4.78 is 19.8. The second-order valence-corrected chi connectivity index (χ2v) is 9.45. The molecule has 2 atom stereocenters. The summed E-state index contributed by atoms with van der Waals surface area (Å²) in [5.41, 5.74) is 3.60. The molecule has 1 N–H and O–H groups in total. The Morgan fingerprint density at radius 1 is 1.11 bits per heavy atom. The van der Waals surface area contributed by atoms with Crippen LogP contribution in [0, 0.1) is 11.7 Å². The lowest BCUT2D eigenvalue weighted by Crippen LogP contribution is -2.45. The van der Waals surface area contributed by atoms with Gasteiger partial charge in [0.2, 0.25) is 0 Å². The Bertz CT molecular complexity index is 938. The first-order valence-corrected chi connectivity index (χ1v) is 10.1. The Morgan fingerprint density at radius 3 is 2.46 bits per heavy atom. The van der Waals surface area contributed by atoms with Crippen LogP contribution in [-0.4, -0.2) is 10.7 Å². The van der Waals surface area contributed by atoms with Gasteiger partial charge in [-0.3, -0.25) is 0 Å². The highest BCUT2D eigenvalue weighted by atomic mass is 19.1. The van der Waals surface area contributed by atoms with Crippen LogP contribution in [0.1, 0.15) is 70.1 Å². The van der Waals surface area contributed by atoms with Gasteiger partial charge in [-0.05, 0) is 69.0 Å². The van der Waals surface area contributed by atoms with Crippen molar-refractivity contribution in [1.29, 1.82) is 0 Å². The zero-order chi connectivity index (χ0) is 20.3. The summed E-state index contributed by atoms with van der Waals surface area (Å²) in [5.74, 6) is 1.47. The standard InChI is InChI=1S/C25H29FO2/c1-15-6-11-20-19(12-15)23-21(27)13-17(14-22(23)28-25(20,4)5)24(2,3)16-7-9-18(26)10-8-16/h6-10,13-14,19-20,27H,11-12H2,1-5H3. The highest BCUT2D eigenvalue weighted by molar-refractivity contribution is 5.55. The van der Waals surface area contributed by atoms with Crippen LogP contribution in [0.3, 0.4) is 0 Å². The number of fused-ring (bicyclic) bond motifs is 3. The predicted molar refractivity (Wildman–Crippen MR) is 111 cm³/mol.